The van der Waals surface area contributed by atoms with Gasteiger partial charge in [0, 0.05) is 75.1 Å². The second kappa shape index (κ2) is 11.2. The van der Waals surface area contributed by atoms with E-state index >= 15 is 0 Å². The molecule has 1 aliphatic heterocycles. The van der Waals surface area contributed by atoms with Crippen LogP contribution in [-0.4, -0.2) is 70.8 Å². The summed E-state index contributed by atoms with van der Waals surface area (Å²) in [6, 6.07) is 10.2. The molecule has 11 nitrogen and oxygen atoms in total. The Kier molecular flexibility index (Phi) is 7.59. The number of nitro benzene ring substituents is 1. The zero-order valence-electron chi connectivity index (χ0n) is 21.1. The number of nitrogens with one attached hydrogen (secondary N) is 2. The molecule has 5 rings (SSSR count). The maximum atomic E-state index is 11.2. The van der Waals surface area contributed by atoms with E-state index in [1.165, 1.54) is 31.5 Å². The lowest BCUT2D eigenvalue weighted by Gasteiger charge is -2.26. The minimum absolute atomic E-state index is 0.0810. The van der Waals surface area contributed by atoms with Gasteiger partial charge in [0.05, 0.1) is 40.2 Å². The number of nitro groups is 1. The van der Waals surface area contributed by atoms with Crippen LogP contribution in [0.2, 0.25) is 5.02 Å². The van der Waals surface area contributed by atoms with Gasteiger partial charge in [-0.15, -0.1) is 0 Å². The average molecular weight is 538 g/mol. The van der Waals surface area contributed by atoms with Crippen molar-refractivity contribution >= 4 is 39.8 Å². The van der Waals surface area contributed by atoms with Crippen molar-refractivity contribution in [1.82, 2.24) is 24.8 Å². The summed E-state index contributed by atoms with van der Waals surface area (Å²) in [5.41, 5.74) is 2.63. The summed E-state index contributed by atoms with van der Waals surface area (Å²) in [7, 11) is 3.44. The van der Waals surface area contributed by atoms with Crippen LogP contribution >= 0.6 is 11.6 Å². The topological polar surface area (TPSA) is 120 Å². The normalized spacial score (nSPS) is 14.0. The Morgan fingerprint density at radius 3 is 2.79 bits per heavy atom. The second-order valence-electron chi connectivity index (χ2n) is 8.93. The first-order valence-corrected chi connectivity index (χ1v) is 12.6. The fraction of sp³-hybridized carbons (Fsp3) is 0.308. The minimum atomic E-state index is -0.474. The van der Waals surface area contributed by atoms with Gasteiger partial charge in [-0.3, -0.25) is 15.0 Å². The van der Waals surface area contributed by atoms with Gasteiger partial charge < -0.3 is 24.7 Å². The van der Waals surface area contributed by atoms with E-state index in [9.17, 15) is 10.1 Å². The third-order valence-corrected chi connectivity index (χ3v) is 6.76. The maximum Gasteiger partial charge on any atom is 0.271 e. The van der Waals surface area contributed by atoms with Crippen LogP contribution in [0, 0.1) is 10.1 Å². The molecule has 198 valence electrons. The van der Waals surface area contributed by atoms with E-state index < -0.39 is 4.92 Å². The van der Waals surface area contributed by atoms with Crippen LogP contribution in [0.1, 0.15) is 0 Å². The molecule has 0 atom stereocenters. The van der Waals surface area contributed by atoms with Gasteiger partial charge in [-0.05, 0) is 18.2 Å². The summed E-state index contributed by atoms with van der Waals surface area (Å²) >= 11 is 6.53. The Balaban J connectivity index is 1.39. The summed E-state index contributed by atoms with van der Waals surface area (Å²) in [6.07, 6.45) is 3.46. The molecule has 0 unspecified atom stereocenters. The number of aromatic nitrogens is 3. The van der Waals surface area contributed by atoms with E-state index in [4.69, 9.17) is 21.1 Å². The van der Waals surface area contributed by atoms with Crippen LogP contribution in [0.15, 0.2) is 48.8 Å². The Hall–Kier alpha value is -3.93. The number of nitrogens with zero attached hydrogens (tertiary/aromatic N) is 5. The molecule has 2 aromatic carbocycles. The molecule has 4 aromatic rings. The van der Waals surface area contributed by atoms with Crippen molar-refractivity contribution < 1.29 is 14.4 Å². The lowest BCUT2D eigenvalue weighted by Crippen LogP contribution is -2.44. The Morgan fingerprint density at radius 2 is 2.03 bits per heavy atom. The molecule has 0 amide bonds. The first-order valence-electron chi connectivity index (χ1n) is 12.2. The van der Waals surface area contributed by atoms with E-state index in [1.807, 2.05) is 36.0 Å². The largest absolute Gasteiger partial charge is 0.495 e. The smallest absolute Gasteiger partial charge is 0.271 e. The molecule has 1 saturated heterocycles. The predicted molar refractivity (Wildman–Crippen MR) is 147 cm³/mol. The zero-order valence-corrected chi connectivity index (χ0v) is 21.9. The molecule has 38 heavy (non-hydrogen) atoms. The van der Waals surface area contributed by atoms with Gasteiger partial charge in [0.1, 0.15) is 18.1 Å². The number of non-ortho nitro benzene ring substituents is 1. The van der Waals surface area contributed by atoms with Crippen LogP contribution in [0.25, 0.3) is 22.2 Å². The number of fused-ring (bicyclic) bond motifs is 1. The number of methoxy groups -OCH3 is 1. The van der Waals surface area contributed by atoms with Crippen molar-refractivity contribution in [2.45, 2.75) is 0 Å². The lowest BCUT2D eigenvalue weighted by atomic mass is 10.1. The molecule has 1 fully saturated rings. The zero-order chi connectivity index (χ0) is 26.6. The third kappa shape index (κ3) is 5.49. The molecule has 2 N–H and O–H groups in total. The van der Waals surface area contributed by atoms with Crippen molar-refractivity contribution in [3.05, 3.63) is 63.9 Å². The Labute approximate surface area is 224 Å². The van der Waals surface area contributed by atoms with E-state index in [1.54, 1.807) is 0 Å². The third-order valence-electron chi connectivity index (χ3n) is 6.49. The molecule has 0 bridgehead atoms. The highest BCUT2D eigenvalue weighted by molar-refractivity contribution is 6.33. The first kappa shape index (κ1) is 25.7. The fourth-order valence-electron chi connectivity index (χ4n) is 4.51. The first-order chi connectivity index (χ1) is 18.4. The number of aryl methyl sites for hydroxylation is 1. The minimum Gasteiger partial charge on any atom is -0.495 e. The standard InChI is InChI=1S/C26H28ClN7O4/c1-32-16-20(19-5-4-18(14-23(19)32)38-12-11-33-9-7-28-8-10-33)25-21(27)15-29-26(31-25)30-22-13-17(34(35)36)3-6-24(22)37-2/h3-6,13-16,28H,7-12H2,1-2H3,(H,29,30,31). The van der Waals surface area contributed by atoms with Crippen LogP contribution in [-0.2, 0) is 7.05 Å². The molecule has 2 aromatic heterocycles. The predicted octanol–water partition coefficient (Wildman–Crippen LogP) is 4.23. The molecule has 0 saturated carbocycles. The summed E-state index contributed by atoms with van der Waals surface area (Å²) in [5.74, 6) is 1.45. The number of hydrogen-bond acceptors (Lipinski definition) is 9. The summed E-state index contributed by atoms with van der Waals surface area (Å²) in [5, 5.41) is 19.0. The molecule has 12 heteroatoms. The van der Waals surface area contributed by atoms with Gasteiger partial charge in [-0.2, -0.15) is 0 Å². The molecular formula is C26H28ClN7O4. The Bertz CT molecular complexity index is 1470. The highest BCUT2D eigenvalue weighted by Crippen LogP contribution is 2.36. The van der Waals surface area contributed by atoms with Crippen molar-refractivity contribution in [1.29, 1.82) is 0 Å². The van der Waals surface area contributed by atoms with Crippen molar-refractivity contribution in [3.63, 3.8) is 0 Å². The summed E-state index contributed by atoms with van der Waals surface area (Å²) in [6.45, 7) is 5.61. The molecule has 0 aliphatic carbocycles. The van der Waals surface area contributed by atoms with Gasteiger partial charge in [0.25, 0.3) is 5.69 Å². The number of ether oxygens (including phenoxy) is 2. The van der Waals surface area contributed by atoms with E-state index in [2.05, 4.69) is 25.5 Å². The van der Waals surface area contributed by atoms with Crippen molar-refractivity contribution in [3.8, 4) is 22.8 Å². The SMILES string of the molecule is COc1ccc([N+](=O)[O-])cc1Nc1ncc(Cl)c(-c2cn(C)c3cc(OCCN4CCNCC4)ccc23)n1. The molecule has 0 radical (unpaired) electrons. The quantitative estimate of drug-likeness (QED) is 0.239. The van der Waals surface area contributed by atoms with Crippen molar-refractivity contribution in [2.75, 3.05) is 51.8 Å². The molecule has 1 aliphatic rings. The highest BCUT2D eigenvalue weighted by atomic mass is 35.5. The van der Waals surface area contributed by atoms with Gasteiger partial charge >= 0.3 is 0 Å². The summed E-state index contributed by atoms with van der Waals surface area (Å²) < 4.78 is 13.4. The van der Waals surface area contributed by atoms with Gasteiger partial charge in [0.2, 0.25) is 5.95 Å². The van der Waals surface area contributed by atoms with E-state index in [0.717, 1.165) is 54.9 Å². The van der Waals surface area contributed by atoms with Gasteiger partial charge in [-0.25, -0.2) is 9.97 Å². The number of halogens is 1. The summed E-state index contributed by atoms with van der Waals surface area (Å²) in [4.78, 5) is 22.1. The number of hydrogen-bond donors (Lipinski definition) is 2. The number of piperazine rings is 1. The Morgan fingerprint density at radius 1 is 1.21 bits per heavy atom. The van der Waals surface area contributed by atoms with Crippen molar-refractivity contribution in [2.24, 2.45) is 7.05 Å². The molecule has 3 heterocycles. The number of rotatable bonds is 9. The van der Waals surface area contributed by atoms with Crippen LogP contribution in [0.3, 0.4) is 0 Å². The van der Waals surface area contributed by atoms with Gasteiger partial charge in [-0.1, -0.05) is 11.6 Å². The van der Waals surface area contributed by atoms with Crippen LogP contribution in [0.4, 0.5) is 17.3 Å². The molecular weight excluding hydrogens is 510 g/mol. The van der Waals surface area contributed by atoms with Gasteiger partial charge in [0.15, 0.2) is 0 Å². The van der Waals surface area contributed by atoms with E-state index in [-0.39, 0.29) is 11.6 Å². The number of benzene rings is 2. The highest BCUT2D eigenvalue weighted by Gasteiger charge is 2.18. The fourth-order valence-corrected chi connectivity index (χ4v) is 4.71. The number of anilines is 2. The average Bonchev–Trinajstić information content (AvgIpc) is 3.25. The molecule has 0 spiro atoms. The monoisotopic (exact) mass is 537 g/mol. The van der Waals surface area contributed by atoms with E-state index in [0.29, 0.717) is 28.8 Å². The maximum absolute atomic E-state index is 11.2. The van der Waals surface area contributed by atoms with Crippen LogP contribution < -0.4 is 20.1 Å². The second-order valence-corrected chi connectivity index (χ2v) is 9.34. The lowest BCUT2D eigenvalue weighted by molar-refractivity contribution is -0.384. The van der Waals surface area contributed by atoms with Crippen LogP contribution in [0.5, 0.6) is 11.5 Å².